The van der Waals surface area contributed by atoms with E-state index in [4.69, 9.17) is 15.3 Å². The van der Waals surface area contributed by atoms with Crippen LogP contribution in [-0.2, 0) is 4.79 Å². The Bertz CT molecular complexity index is 354. The van der Waals surface area contributed by atoms with Gasteiger partial charge in [0, 0.05) is 0 Å². The number of aromatic hydroxyl groups is 1. The van der Waals surface area contributed by atoms with Crippen molar-refractivity contribution >= 4 is 12.0 Å². The molecule has 0 aliphatic heterocycles. The minimum atomic E-state index is -1.40. The van der Waals surface area contributed by atoms with Crippen LogP contribution in [0.4, 0.5) is 0 Å². The molecule has 0 heterocycles. The van der Waals surface area contributed by atoms with Crippen LogP contribution in [0, 0.1) is 0 Å². The van der Waals surface area contributed by atoms with E-state index in [2.05, 4.69) is 0 Å². The fraction of sp³-hybridized carbons (Fsp3) is 0. The number of phenols is 1. The lowest BCUT2D eigenvalue weighted by molar-refractivity contribution is -0.135. The van der Waals surface area contributed by atoms with Crippen molar-refractivity contribution in [2.45, 2.75) is 0 Å². The number of aliphatic carboxylic acids is 1. The van der Waals surface area contributed by atoms with E-state index in [0.29, 0.717) is 5.56 Å². The van der Waals surface area contributed by atoms with Crippen LogP contribution in [0.1, 0.15) is 5.56 Å². The van der Waals surface area contributed by atoms with Crippen molar-refractivity contribution in [1.29, 1.82) is 0 Å². The number of carboxylic acids is 1. The summed E-state index contributed by atoms with van der Waals surface area (Å²) in [5, 5.41) is 26.2. The van der Waals surface area contributed by atoms with E-state index in [9.17, 15) is 4.79 Å². The summed E-state index contributed by atoms with van der Waals surface area (Å²) in [5.41, 5.74) is 0.430. The van der Waals surface area contributed by atoms with Crippen LogP contribution in [0.2, 0.25) is 0 Å². The number of aliphatic hydroxyl groups excluding tert-OH is 1. The van der Waals surface area contributed by atoms with Gasteiger partial charge < -0.3 is 15.3 Å². The maximum atomic E-state index is 10.2. The zero-order valence-electron chi connectivity index (χ0n) is 6.64. The normalized spacial score (nSPS) is 11.2. The maximum absolute atomic E-state index is 10.2. The Hall–Kier alpha value is -1.97. The molecule has 1 rings (SSSR count). The van der Waals surface area contributed by atoms with Crippen molar-refractivity contribution in [2.75, 3.05) is 0 Å². The number of aliphatic hydroxyl groups is 1. The van der Waals surface area contributed by atoms with E-state index in [0.717, 1.165) is 6.08 Å². The molecule has 0 radical (unpaired) electrons. The highest BCUT2D eigenvalue weighted by Gasteiger charge is 2.03. The second-order valence-electron chi connectivity index (χ2n) is 2.43. The van der Waals surface area contributed by atoms with Gasteiger partial charge >= 0.3 is 5.97 Å². The Kier molecular flexibility index (Phi) is 2.54. The average Bonchev–Trinajstić information content (AvgIpc) is 2.04. The van der Waals surface area contributed by atoms with Crippen LogP contribution in [0.15, 0.2) is 30.0 Å². The first kappa shape index (κ1) is 9.12. The van der Waals surface area contributed by atoms with Crippen LogP contribution in [0.3, 0.4) is 0 Å². The van der Waals surface area contributed by atoms with Crippen molar-refractivity contribution in [3.63, 3.8) is 0 Å². The molecule has 4 heteroatoms. The molecule has 3 N–H and O–H groups in total. The summed E-state index contributed by atoms with van der Waals surface area (Å²) in [6.45, 7) is 0. The highest BCUT2D eigenvalue weighted by molar-refractivity contribution is 5.89. The van der Waals surface area contributed by atoms with Crippen molar-refractivity contribution in [2.24, 2.45) is 0 Å². The molecule has 0 saturated heterocycles. The summed E-state index contributed by atoms with van der Waals surface area (Å²) in [5.74, 6) is -2.14. The van der Waals surface area contributed by atoms with Crippen molar-refractivity contribution in [1.82, 2.24) is 0 Å². The van der Waals surface area contributed by atoms with Crippen LogP contribution in [-0.4, -0.2) is 21.3 Å². The Morgan fingerprint density at radius 2 is 2.00 bits per heavy atom. The van der Waals surface area contributed by atoms with Gasteiger partial charge in [0.05, 0.1) is 0 Å². The molecule has 1 aromatic rings. The van der Waals surface area contributed by atoms with Crippen molar-refractivity contribution in [3.05, 3.63) is 35.6 Å². The van der Waals surface area contributed by atoms with E-state index < -0.39 is 11.7 Å². The molecule has 1 aromatic carbocycles. The van der Waals surface area contributed by atoms with Gasteiger partial charge in [0.2, 0.25) is 5.76 Å². The molecule has 0 aliphatic rings. The molecule has 13 heavy (non-hydrogen) atoms. The van der Waals surface area contributed by atoms with Crippen LogP contribution < -0.4 is 0 Å². The molecule has 0 atom stereocenters. The molecule has 0 spiro atoms. The summed E-state index contributed by atoms with van der Waals surface area (Å²) in [4.78, 5) is 10.2. The quantitative estimate of drug-likeness (QED) is 0.474. The second kappa shape index (κ2) is 3.62. The summed E-state index contributed by atoms with van der Waals surface area (Å²) >= 11 is 0. The van der Waals surface area contributed by atoms with Gasteiger partial charge in [0.1, 0.15) is 5.75 Å². The number of hydrogen-bond acceptors (Lipinski definition) is 3. The van der Waals surface area contributed by atoms with Crippen LogP contribution in [0.25, 0.3) is 6.08 Å². The largest absolute Gasteiger partial charge is 0.508 e. The molecule has 4 nitrogen and oxygen atoms in total. The van der Waals surface area contributed by atoms with E-state index in [1.165, 1.54) is 12.1 Å². The summed E-state index contributed by atoms with van der Waals surface area (Å²) in [6.07, 6.45) is 1.06. The minimum Gasteiger partial charge on any atom is -0.508 e. The molecule has 0 aromatic heterocycles. The summed E-state index contributed by atoms with van der Waals surface area (Å²) < 4.78 is 0. The lowest BCUT2D eigenvalue weighted by atomic mass is 10.2. The van der Waals surface area contributed by atoms with Crippen LogP contribution >= 0.6 is 0 Å². The van der Waals surface area contributed by atoms with E-state index in [1.807, 2.05) is 0 Å². The SMILES string of the molecule is O=C(O)/C(O)=C/c1cccc(O)c1. The van der Waals surface area contributed by atoms with E-state index in [1.54, 1.807) is 12.1 Å². The van der Waals surface area contributed by atoms with Gasteiger partial charge in [0.15, 0.2) is 0 Å². The highest BCUT2D eigenvalue weighted by Crippen LogP contribution is 2.13. The Morgan fingerprint density at radius 3 is 2.54 bits per heavy atom. The van der Waals surface area contributed by atoms with Gasteiger partial charge in [-0.2, -0.15) is 0 Å². The molecule has 0 bridgehead atoms. The zero-order valence-corrected chi connectivity index (χ0v) is 6.64. The summed E-state index contributed by atoms with van der Waals surface area (Å²) in [6, 6.07) is 5.92. The molecular formula is C9H8O4. The number of phenolic OH excluding ortho intramolecular Hbond substituents is 1. The first-order valence-corrected chi connectivity index (χ1v) is 3.52. The zero-order chi connectivity index (χ0) is 9.84. The number of carboxylic acid groups (broad SMARTS) is 1. The Morgan fingerprint density at radius 1 is 1.31 bits per heavy atom. The number of carbonyl (C=O) groups is 1. The average molecular weight is 180 g/mol. The Labute approximate surface area is 74.4 Å². The van der Waals surface area contributed by atoms with E-state index >= 15 is 0 Å². The number of rotatable bonds is 2. The Balaban J connectivity index is 2.97. The summed E-state index contributed by atoms with van der Waals surface area (Å²) in [7, 11) is 0. The molecule has 68 valence electrons. The molecule has 0 saturated carbocycles. The fourth-order valence-corrected chi connectivity index (χ4v) is 0.834. The first-order chi connectivity index (χ1) is 6.09. The third-order valence-corrected chi connectivity index (χ3v) is 1.39. The monoisotopic (exact) mass is 180 g/mol. The van der Waals surface area contributed by atoms with Crippen molar-refractivity contribution < 1.29 is 20.1 Å². The fourth-order valence-electron chi connectivity index (χ4n) is 0.834. The van der Waals surface area contributed by atoms with Crippen LogP contribution in [0.5, 0.6) is 5.75 Å². The standard InChI is InChI=1S/C9H8O4/c10-7-3-1-2-6(4-7)5-8(11)9(12)13/h1-5,10-11H,(H,12,13)/b8-5-. The smallest absolute Gasteiger partial charge is 0.370 e. The molecular weight excluding hydrogens is 172 g/mol. The minimum absolute atomic E-state index is 0.0203. The van der Waals surface area contributed by atoms with Gasteiger partial charge in [-0.15, -0.1) is 0 Å². The predicted octanol–water partition coefficient (Wildman–Crippen LogP) is 1.38. The van der Waals surface area contributed by atoms with Gasteiger partial charge in [-0.3, -0.25) is 0 Å². The molecule has 0 aliphatic carbocycles. The molecule has 0 amide bonds. The highest BCUT2D eigenvalue weighted by atomic mass is 16.4. The van der Waals surface area contributed by atoms with Gasteiger partial charge in [0.25, 0.3) is 0 Å². The lowest BCUT2D eigenvalue weighted by Gasteiger charge is -1.95. The maximum Gasteiger partial charge on any atom is 0.370 e. The molecule has 0 fully saturated rings. The third-order valence-electron chi connectivity index (χ3n) is 1.39. The lowest BCUT2D eigenvalue weighted by Crippen LogP contribution is -1.98. The molecule has 0 unspecified atom stereocenters. The second-order valence-corrected chi connectivity index (χ2v) is 2.43. The number of benzene rings is 1. The predicted molar refractivity (Wildman–Crippen MR) is 46.3 cm³/mol. The van der Waals surface area contributed by atoms with Gasteiger partial charge in [-0.25, -0.2) is 4.79 Å². The first-order valence-electron chi connectivity index (χ1n) is 3.52. The number of hydrogen-bond donors (Lipinski definition) is 3. The third kappa shape index (κ3) is 2.52. The van der Waals surface area contributed by atoms with Crippen molar-refractivity contribution in [3.8, 4) is 5.75 Å². The van der Waals surface area contributed by atoms with Gasteiger partial charge in [-0.05, 0) is 23.8 Å². The topological polar surface area (TPSA) is 77.8 Å². The van der Waals surface area contributed by atoms with E-state index in [-0.39, 0.29) is 5.75 Å². The van der Waals surface area contributed by atoms with Gasteiger partial charge in [-0.1, -0.05) is 12.1 Å².